The van der Waals surface area contributed by atoms with Crippen LogP contribution in [-0.4, -0.2) is 19.5 Å². The second kappa shape index (κ2) is 7.25. The molecule has 3 aromatic carbocycles. The normalized spacial score (nSPS) is 11.7. The largest absolute Gasteiger partial charge is 0.497 e. The highest BCUT2D eigenvalue weighted by Crippen LogP contribution is 2.38. The van der Waals surface area contributed by atoms with Crippen molar-refractivity contribution in [1.82, 2.24) is 3.97 Å². The molecule has 0 aliphatic rings. The molecule has 0 aliphatic heterocycles. The molecule has 4 rings (SSSR count). The maximum atomic E-state index is 13.6. The summed E-state index contributed by atoms with van der Waals surface area (Å²) in [5.41, 5.74) is 3.15. The SMILES string of the molecule is COc1ccc(-c2c(I)c3ccccc3n2S(=O)(=O)c2ccc(C)cc2)cc1. The minimum Gasteiger partial charge on any atom is -0.497 e. The van der Waals surface area contributed by atoms with E-state index in [2.05, 4.69) is 22.6 Å². The summed E-state index contributed by atoms with van der Waals surface area (Å²) in [6.45, 7) is 1.94. The van der Waals surface area contributed by atoms with E-state index in [1.54, 1.807) is 19.2 Å². The van der Waals surface area contributed by atoms with Crippen LogP contribution in [0.5, 0.6) is 5.75 Å². The maximum absolute atomic E-state index is 13.6. The molecule has 1 aromatic heterocycles. The van der Waals surface area contributed by atoms with Gasteiger partial charge in [-0.2, -0.15) is 0 Å². The predicted octanol–water partition coefficient (Wildman–Crippen LogP) is 5.47. The fraction of sp³-hybridized carbons (Fsp3) is 0.0909. The van der Waals surface area contributed by atoms with Crippen LogP contribution in [0, 0.1) is 10.5 Å². The molecule has 1 heterocycles. The number of hydrogen-bond acceptors (Lipinski definition) is 3. The second-order valence-electron chi connectivity index (χ2n) is 6.49. The first-order valence-electron chi connectivity index (χ1n) is 8.69. The van der Waals surface area contributed by atoms with Crippen molar-refractivity contribution >= 4 is 43.5 Å². The van der Waals surface area contributed by atoms with E-state index in [4.69, 9.17) is 4.74 Å². The van der Waals surface area contributed by atoms with Crippen molar-refractivity contribution in [3.63, 3.8) is 0 Å². The van der Waals surface area contributed by atoms with E-state index < -0.39 is 10.0 Å². The molecular weight excluding hydrogens is 485 g/mol. The zero-order chi connectivity index (χ0) is 19.9. The summed E-state index contributed by atoms with van der Waals surface area (Å²) in [4.78, 5) is 0.269. The van der Waals surface area contributed by atoms with Crippen molar-refractivity contribution in [3.8, 4) is 17.0 Å². The molecule has 0 saturated carbocycles. The van der Waals surface area contributed by atoms with Gasteiger partial charge in [0.25, 0.3) is 10.0 Å². The van der Waals surface area contributed by atoms with Gasteiger partial charge in [0, 0.05) is 14.5 Å². The van der Waals surface area contributed by atoms with Crippen molar-refractivity contribution in [2.75, 3.05) is 7.11 Å². The Kier molecular flexibility index (Phi) is 4.93. The predicted molar refractivity (Wildman–Crippen MR) is 120 cm³/mol. The zero-order valence-electron chi connectivity index (χ0n) is 15.4. The number of hydrogen-bond donors (Lipinski definition) is 0. The van der Waals surface area contributed by atoms with Gasteiger partial charge in [-0.15, -0.1) is 0 Å². The average molecular weight is 503 g/mol. The lowest BCUT2D eigenvalue weighted by Gasteiger charge is -2.13. The van der Waals surface area contributed by atoms with E-state index >= 15 is 0 Å². The number of halogens is 1. The summed E-state index contributed by atoms with van der Waals surface area (Å²) in [7, 11) is -2.17. The van der Waals surface area contributed by atoms with Gasteiger partial charge in [-0.3, -0.25) is 0 Å². The lowest BCUT2D eigenvalue weighted by molar-refractivity contribution is 0.415. The second-order valence-corrected chi connectivity index (χ2v) is 9.36. The number of methoxy groups -OCH3 is 1. The van der Waals surface area contributed by atoms with Gasteiger partial charge in [-0.1, -0.05) is 35.9 Å². The zero-order valence-corrected chi connectivity index (χ0v) is 18.4. The third-order valence-electron chi connectivity index (χ3n) is 4.69. The van der Waals surface area contributed by atoms with Gasteiger partial charge in [-0.25, -0.2) is 12.4 Å². The van der Waals surface area contributed by atoms with Gasteiger partial charge in [-0.05, 0) is 72.0 Å². The van der Waals surface area contributed by atoms with Gasteiger partial charge in [0.15, 0.2) is 0 Å². The number of ether oxygens (including phenoxy) is 1. The van der Waals surface area contributed by atoms with Crippen molar-refractivity contribution in [2.24, 2.45) is 0 Å². The van der Waals surface area contributed by atoms with Crippen molar-refractivity contribution in [3.05, 3.63) is 81.9 Å². The fourth-order valence-electron chi connectivity index (χ4n) is 3.23. The topological polar surface area (TPSA) is 48.3 Å². The highest BCUT2D eigenvalue weighted by molar-refractivity contribution is 14.1. The lowest BCUT2D eigenvalue weighted by Crippen LogP contribution is -2.14. The van der Waals surface area contributed by atoms with Crippen molar-refractivity contribution in [2.45, 2.75) is 11.8 Å². The molecule has 4 nitrogen and oxygen atoms in total. The first-order chi connectivity index (χ1) is 13.4. The third kappa shape index (κ3) is 3.10. The maximum Gasteiger partial charge on any atom is 0.268 e. The van der Waals surface area contributed by atoms with Crippen LogP contribution in [0.4, 0.5) is 0 Å². The molecule has 28 heavy (non-hydrogen) atoms. The molecule has 6 heteroatoms. The van der Waals surface area contributed by atoms with Gasteiger partial charge in [0.1, 0.15) is 5.75 Å². The number of rotatable bonds is 4. The van der Waals surface area contributed by atoms with Crippen LogP contribution in [0.15, 0.2) is 77.7 Å². The number of benzene rings is 3. The number of aryl methyl sites for hydroxylation is 1. The molecule has 0 radical (unpaired) electrons. The Hall–Kier alpha value is -2.32. The van der Waals surface area contributed by atoms with Crippen LogP contribution < -0.4 is 4.74 Å². The molecule has 142 valence electrons. The van der Waals surface area contributed by atoms with Crippen LogP contribution >= 0.6 is 22.6 Å². The quantitative estimate of drug-likeness (QED) is 0.348. The van der Waals surface area contributed by atoms with E-state index in [0.717, 1.165) is 25.8 Å². The summed E-state index contributed by atoms with van der Waals surface area (Å²) >= 11 is 2.23. The number of fused-ring (bicyclic) bond motifs is 1. The van der Waals surface area contributed by atoms with E-state index in [0.29, 0.717) is 11.2 Å². The number of nitrogens with zero attached hydrogens (tertiary/aromatic N) is 1. The van der Waals surface area contributed by atoms with Gasteiger partial charge < -0.3 is 4.74 Å². The highest BCUT2D eigenvalue weighted by atomic mass is 127. The average Bonchev–Trinajstić information content (AvgIpc) is 3.02. The Labute approximate surface area is 178 Å². The van der Waals surface area contributed by atoms with E-state index in [9.17, 15) is 8.42 Å². The summed E-state index contributed by atoms with van der Waals surface area (Å²) in [5, 5.41) is 0.907. The molecule has 0 atom stereocenters. The Morgan fingerprint density at radius 3 is 2.18 bits per heavy atom. The minimum atomic E-state index is -3.78. The Balaban J connectivity index is 2.05. The minimum absolute atomic E-state index is 0.269. The molecule has 0 saturated heterocycles. The van der Waals surface area contributed by atoms with Crippen LogP contribution in [-0.2, 0) is 10.0 Å². The third-order valence-corrected chi connectivity index (χ3v) is 7.51. The van der Waals surface area contributed by atoms with Crippen molar-refractivity contribution < 1.29 is 13.2 Å². The van der Waals surface area contributed by atoms with Gasteiger partial charge >= 0.3 is 0 Å². The highest BCUT2D eigenvalue weighted by Gasteiger charge is 2.26. The fourth-order valence-corrected chi connectivity index (χ4v) is 5.95. The summed E-state index contributed by atoms with van der Waals surface area (Å²) in [6.07, 6.45) is 0. The van der Waals surface area contributed by atoms with Crippen LogP contribution in [0.1, 0.15) is 5.56 Å². The molecule has 0 unspecified atom stereocenters. The van der Waals surface area contributed by atoms with Crippen LogP contribution in [0.2, 0.25) is 0 Å². The summed E-state index contributed by atoms with van der Waals surface area (Å²) in [6, 6.07) is 22.0. The Bertz CT molecular complexity index is 1260. The molecule has 0 amide bonds. The molecule has 0 spiro atoms. The molecular formula is C22H18INO3S. The van der Waals surface area contributed by atoms with Crippen LogP contribution in [0.25, 0.3) is 22.2 Å². The summed E-state index contributed by atoms with van der Waals surface area (Å²) < 4.78 is 34.8. The Morgan fingerprint density at radius 2 is 1.54 bits per heavy atom. The number of aromatic nitrogens is 1. The molecule has 0 bridgehead atoms. The monoisotopic (exact) mass is 503 g/mol. The molecule has 0 fully saturated rings. The molecule has 0 aliphatic carbocycles. The Morgan fingerprint density at radius 1 is 0.893 bits per heavy atom. The first kappa shape index (κ1) is 19.0. The van der Waals surface area contributed by atoms with Crippen LogP contribution in [0.3, 0.4) is 0 Å². The number of para-hydroxylation sites is 1. The van der Waals surface area contributed by atoms with E-state index in [-0.39, 0.29) is 4.90 Å². The van der Waals surface area contributed by atoms with Gasteiger partial charge in [0.05, 0.1) is 23.2 Å². The van der Waals surface area contributed by atoms with Crippen molar-refractivity contribution in [1.29, 1.82) is 0 Å². The molecule has 0 N–H and O–H groups in total. The summed E-state index contributed by atoms with van der Waals surface area (Å²) in [5.74, 6) is 0.725. The molecule has 4 aromatic rings. The smallest absolute Gasteiger partial charge is 0.268 e. The lowest BCUT2D eigenvalue weighted by atomic mass is 10.1. The van der Waals surface area contributed by atoms with E-state index in [1.807, 2.05) is 67.6 Å². The van der Waals surface area contributed by atoms with Gasteiger partial charge in [0.2, 0.25) is 0 Å². The first-order valence-corrected chi connectivity index (χ1v) is 11.2. The van der Waals surface area contributed by atoms with E-state index in [1.165, 1.54) is 3.97 Å². The standard InChI is InChI=1S/C22H18INO3S/c1-15-7-13-18(14-8-15)28(25,26)24-20-6-4-3-5-19(20)21(23)22(24)16-9-11-17(27-2)12-10-16/h3-14H,1-2H3.